The van der Waals surface area contributed by atoms with E-state index in [1.807, 2.05) is 6.92 Å². The lowest BCUT2D eigenvalue weighted by molar-refractivity contribution is -0.191. The van der Waals surface area contributed by atoms with Crippen molar-refractivity contribution in [1.82, 2.24) is 0 Å². The number of ether oxygens (including phenoxy) is 2. The summed E-state index contributed by atoms with van der Waals surface area (Å²) in [6, 6.07) is 11.1. The lowest BCUT2D eigenvalue weighted by atomic mass is 10.0. The van der Waals surface area contributed by atoms with Crippen molar-refractivity contribution in [1.29, 1.82) is 0 Å². The van der Waals surface area contributed by atoms with Gasteiger partial charge in [0.1, 0.15) is 28.7 Å². The zero-order chi connectivity index (χ0) is 23.3. The van der Waals surface area contributed by atoms with Crippen molar-refractivity contribution in [2.24, 2.45) is 0 Å². The van der Waals surface area contributed by atoms with E-state index in [1.165, 1.54) is 0 Å². The Bertz CT molecular complexity index is 1130. The van der Waals surface area contributed by atoms with Gasteiger partial charge in [-0.3, -0.25) is 0 Å². The predicted octanol–water partition coefficient (Wildman–Crippen LogP) is 6.93. The molecule has 168 valence electrons. The molecule has 0 N–H and O–H groups in total. The molecular formula is C23H15F7O2. The molecule has 0 saturated carbocycles. The average Bonchev–Trinajstić information content (AvgIpc) is 3.11. The van der Waals surface area contributed by atoms with Crippen molar-refractivity contribution in [2.45, 2.75) is 31.7 Å². The van der Waals surface area contributed by atoms with Gasteiger partial charge in [-0.2, -0.15) is 22.0 Å². The highest BCUT2D eigenvalue weighted by Gasteiger charge is 2.46. The van der Waals surface area contributed by atoms with Crippen LogP contribution < -0.4 is 9.47 Å². The van der Waals surface area contributed by atoms with Gasteiger partial charge in [-0.15, -0.1) is 0 Å². The third kappa shape index (κ3) is 4.24. The zero-order valence-electron chi connectivity index (χ0n) is 16.4. The van der Waals surface area contributed by atoms with Gasteiger partial charge in [0.25, 0.3) is 0 Å². The molecular weight excluding hydrogens is 441 g/mol. The first-order chi connectivity index (χ1) is 14.9. The van der Waals surface area contributed by atoms with Gasteiger partial charge < -0.3 is 9.47 Å². The fourth-order valence-corrected chi connectivity index (χ4v) is 3.42. The summed E-state index contributed by atoms with van der Waals surface area (Å²) in [5.41, 5.74) is -0.0558. The van der Waals surface area contributed by atoms with Crippen molar-refractivity contribution < 1.29 is 40.2 Å². The van der Waals surface area contributed by atoms with Gasteiger partial charge in [0, 0.05) is 12.5 Å². The van der Waals surface area contributed by atoms with E-state index in [0.29, 0.717) is 5.56 Å². The molecule has 1 unspecified atom stereocenters. The lowest BCUT2D eigenvalue weighted by Crippen LogP contribution is -2.32. The van der Waals surface area contributed by atoms with Crippen molar-refractivity contribution >= 4 is 0 Å². The van der Waals surface area contributed by atoms with Gasteiger partial charge in [-0.25, -0.2) is 8.78 Å². The smallest absolute Gasteiger partial charge is 0.432 e. The molecule has 0 radical (unpaired) electrons. The van der Waals surface area contributed by atoms with E-state index in [-0.39, 0.29) is 16.9 Å². The maximum absolute atomic E-state index is 14.6. The Hall–Kier alpha value is -3.23. The highest BCUT2D eigenvalue weighted by molar-refractivity contribution is 5.64. The molecule has 1 aliphatic heterocycles. The van der Waals surface area contributed by atoms with Crippen LogP contribution in [0.15, 0.2) is 54.6 Å². The zero-order valence-corrected chi connectivity index (χ0v) is 16.4. The SMILES string of the molecule is Cc1ccc(-c2cc(F)c(C(F)(F)Oc3ccc4c(c3)OC(C(F)(F)F)C4)c(F)c2)cc1. The first-order valence-corrected chi connectivity index (χ1v) is 9.44. The standard InChI is InChI=1S/C23H15F7O2/c1-12-2-4-13(5-3-12)15-8-17(24)21(18(25)9-15)23(29,30)32-16-7-6-14-10-20(22(26,27)28)31-19(14)11-16/h2-9,11,20H,10H2,1H3. The van der Waals surface area contributed by atoms with Gasteiger partial charge in [0.05, 0.1) is 0 Å². The summed E-state index contributed by atoms with van der Waals surface area (Å²) in [5.74, 6) is -3.94. The molecule has 3 aromatic rings. The minimum absolute atomic E-state index is 0.0590. The quantitative estimate of drug-likeness (QED) is 0.396. The third-order valence-corrected chi connectivity index (χ3v) is 5.04. The van der Waals surface area contributed by atoms with Crippen LogP contribution in [-0.4, -0.2) is 12.3 Å². The van der Waals surface area contributed by atoms with Crippen molar-refractivity contribution in [2.75, 3.05) is 0 Å². The Labute approximate surface area is 178 Å². The molecule has 0 spiro atoms. The molecule has 0 amide bonds. The first-order valence-electron chi connectivity index (χ1n) is 9.44. The molecule has 32 heavy (non-hydrogen) atoms. The van der Waals surface area contributed by atoms with Crippen LogP contribution in [0.3, 0.4) is 0 Å². The van der Waals surface area contributed by atoms with Crippen LogP contribution >= 0.6 is 0 Å². The van der Waals surface area contributed by atoms with Crippen LogP contribution in [0.25, 0.3) is 11.1 Å². The summed E-state index contributed by atoms with van der Waals surface area (Å²) in [6.07, 6.45) is -11.6. The second-order valence-electron chi connectivity index (χ2n) is 7.42. The van der Waals surface area contributed by atoms with Crippen LogP contribution in [0.2, 0.25) is 0 Å². The predicted molar refractivity (Wildman–Crippen MR) is 102 cm³/mol. The monoisotopic (exact) mass is 456 g/mol. The second-order valence-corrected chi connectivity index (χ2v) is 7.42. The van der Waals surface area contributed by atoms with E-state index in [9.17, 15) is 30.7 Å². The molecule has 0 aromatic heterocycles. The fourth-order valence-electron chi connectivity index (χ4n) is 3.42. The molecule has 1 heterocycles. The summed E-state index contributed by atoms with van der Waals surface area (Å²) in [5, 5.41) is 0. The topological polar surface area (TPSA) is 18.5 Å². The number of aryl methyl sites for hydroxylation is 1. The van der Waals surface area contributed by atoms with Crippen molar-refractivity contribution in [3.8, 4) is 22.6 Å². The van der Waals surface area contributed by atoms with Crippen LogP contribution in [0.1, 0.15) is 16.7 Å². The normalized spacial score (nSPS) is 15.9. The Balaban J connectivity index is 1.60. The molecule has 0 saturated heterocycles. The highest BCUT2D eigenvalue weighted by Crippen LogP contribution is 2.41. The molecule has 0 bridgehead atoms. The Morgan fingerprint density at radius 1 is 0.844 bits per heavy atom. The lowest BCUT2D eigenvalue weighted by Gasteiger charge is -2.20. The van der Waals surface area contributed by atoms with Gasteiger partial charge in [0.2, 0.25) is 0 Å². The minimum atomic E-state index is -4.63. The summed E-state index contributed by atoms with van der Waals surface area (Å²) >= 11 is 0. The van der Waals surface area contributed by atoms with Crippen molar-refractivity contribution in [3.05, 3.63) is 82.9 Å². The number of hydrogen-bond donors (Lipinski definition) is 0. The van der Waals surface area contributed by atoms with Crippen LogP contribution in [0.5, 0.6) is 11.5 Å². The van der Waals surface area contributed by atoms with E-state index in [2.05, 4.69) is 4.74 Å². The molecule has 2 nitrogen and oxygen atoms in total. The Morgan fingerprint density at radius 3 is 2.06 bits per heavy atom. The number of alkyl halides is 5. The Morgan fingerprint density at radius 2 is 1.47 bits per heavy atom. The molecule has 0 fully saturated rings. The van der Waals surface area contributed by atoms with Crippen LogP contribution in [0, 0.1) is 18.6 Å². The molecule has 4 rings (SSSR count). The summed E-state index contributed by atoms with van der Waals surface area (Å²) in [4.78, 5) is 0. The van der Waals surface area contributed by atoms with Crippen LogP contribution in [-0.2, 0) is 12.5 Å². The average molecular weight is 456 g/mol. The maximum Gasteiger partial charge on any atom is 0.432 e. The largest absolute Gasteiger partial charge is 0.480 e. The van der Waals surface area contributed by atoms with Gasteiger partial charge >= 0.3 is 12.3 Å². The Kier molecular flexibility index (Phi) is 5.30. The number of fused-ring (bicyclic) bond motifs is 1. The molecule has 3 aromatic carbocycles. The number of hydrogen-bond acceptors (Lipinski definition) is 2. The first kappa shape index (κ1) is 22.0. The fraction of sp³-hybridized carbons (Fsp3) is 0.217. The maximum atomic E-state index is 14.6. The van der Waals surface area contributed by atoms with Gasteiger partial charge in [-0.05, 0) is 41.8 Å². The summed E-state index contributed by atoms with van der Waals surface area (Å²) < 4.78 is 106. The van der Waals surface area contributed by atoms with Gasteiger partial charge in [-0.1, -0.05) is 35.9 Å². The highest BCUT2D eigenvalue weighted by atomic mass is 19.4. The van der Waals surface area contributed by atoms with E-state index in [1.54, 1.807) is 24.3 Å². The number of benzene rings is 3. The van der Waals surface area contributed by atoms with E-state index < -0.39 is 47.8 Å². The second kappa shape index (κ2) is 7.72. The third-order valence-electron chi connectivity index (χ3n) is 5.04. The summed E-state index contributed by atoms with van der Waals surface area (Å²) in [7, 11) is 0. The number of halogens is 7. The van der Waals surface area contributed by atoms with E-state index in [0.717, 1.165) is 35.9 Å². The molecule has 1 aliphatic rings. The number of rotatable bonds is 4. The van der Waals surface area contributed by atoms with E-state index in [4.69, 9.17) is 4.74 Å². The van der Waals surface area contributed by atoms with Gasteiger partial charge in [0.15, 0.2) is 6.10 Å². The van der Waals surface area contributed by atoms with Crippen LogP contribution in [0.4, 0.5) is 30.7 Å². The molecule has 0 aliphatic carbocycles. The van der Waals surface area contributed by atoms with E-state index >= 15 is 0 Å². The summed E-state index contributed by atoms with van der Waals surface area (Å²) in [6.45, 7) is 1.82. The minimum Gasteiger partial charge on any atom is -0.480 e. The van der Waals surface area contributed by atoms with Crippen molar-refractivity contribution in [3.63, 3.8) is 0 Å². The molecule has 1 atom stereocenters. The molecule has 9 heteroatoms.